The number of ether oxygens (including phenoxy) is 1. The molecule has 0 saturated heterocycles. The standard InChI is InChI=1S/C35H49NO/c1-3-5-7-9-11-13-15-30-16-18-31(19-17-30)20-21-32-22-24-33(25-23-32)35-27-26-34(29-36-35)37-28-14-12-10-8-6-4-2/h16-19,22-27,29H,3-15,20-21,28H2,1-2H3. The van der Waals surface area contributed by atoms with Gasteiger partial charge in [-0.15, -0.1) is 0 Å². The van der Waals surface area contributed by atoms with E-state index >= 15 is 0 Å². The van der Waals surface area contributed by atoms with Crippen molar-refractivity contribution in [2.45, 2.75) is 110 Å². The Morgan fingerprint density at radius 3 is 1.59 bits per heavy atom. The first-order chi connectivity index (χ1) is 18.3. The SMILES string of the molecule is CCCCCCCCOc1ccc(-c2ccc(CCc3ccc(CCCCCCCC)cc3)cc2)nc1. The molecule has 0 spiro atoms. The van der Waals surface area contributed by atoms with E-state index in [0.717, 1.165) is 42.9 Å². The summed E-state index contributed by atoms with van der Waals surface area (Å²) < 4.78 is 5.88. The van der Waals surface area contributed by atoms with Gasteiger partial charge in [0.1, 0.15) is 5.75 Å². The molecule has 2 heteroatoms. The van der Waals surface area contributed by atoms with Crippen LogP contribution in [0.2, 0.25) is 0 Å². The second-order valence-electron chi connectivity index (χ2n) is 10.5. The minimum atomic E-state index is 0.781. The Hall–Kier alpha value is -2.61. The molecule has 2 nitrogen and oxygen atoms in total. The Morgan fingerprint density at radius 2 is 1.03 bits per heavy atom. The summed E-state index contributed by atoms with van der Waals surface area (Å²) in [6, 6.07) is 22.3. The minimum absolute atomic E-state index is 0.781. The van der Waals surface area contributed by atoms with E-state index in [4.69, 9.17) is 4.74 Å². The van der Waals surface area contributed by atoms with Crippen molar-refractivity contribution in [3.63, 3.8) is 0 Å². The monoisotopic (exact) mass is 499 g/mol. The van der Waals surface area contributed by atoms with E-state index in [-0.39, 0.29) is 0 Å². The van der Waals surface area contributed by atoms with Crippen molar-refractivity contribution in [1.82, 2.24) is 4.98 Å². The third kappa shape index (κ3) is 11.5. The predicted octanol–water partition coefficient (Wildman–Crippen LogP) is 10.2. The van der Waals surface area contributed by atoms with Gasteiger partial charge in [-0.2, -0.15) is 0 Å². The van der Waals surface area contributed by atoms with Gasteiger partial charge >= 0.3 is 0 Å². The van der Waals surface area contributed by atoms with Crippen molar-refractivity contribution in [3.05, 3.63) is 83.6 Å². The second-order valence-corrected chi connectivity index (χ2v) is 10.5. The lowest BCUT2D eigenvalue weighted by molar-refractivity contribution is 0.303. The number of aromatic nitrogens is 1. The van der Waals surface area contributed by atoms with E-state index < -0.39 is 0 Å². The van der Waals surface area contributed by atoms with Crippen molar-refractivity contribution < 1.29 is 4.74 Å². The average Bonchev–Trinajstić information content (AvgIpc) is 2.94. The van der Waals surface area contributed by atoms with Gasteiger partial charge in [-0.1, -0.05) is 127 Å². The number of benzene rings is 2. The fraction of sp³-hybridized carbons (Fsp3) is 0.514. The molecule has 1 heterocycles. The zero-order valence-electron chi connectivity index (χ0n) is 23.5. The first-order valence-electron chi connectivity index (χ1n) is 15.0. The van der Waals surface area contributed by atoms with E-state index in [9.17, 15) is 0 Å². The molecule has 0 saturated carbocycles. The molecule has 0 aliphatic heterocycles. The number of unbranched alkanes of at least 4 members (excludes halogenated alkanes) is 10. The van der Waals surface area contributed by atoms with Gasteiger partial charge in [0.25, 0.3) is 0 Å². The molecule has 0 amide bonds. The van der Waals surface area contributed by atoms with Gasteiger partial charge in [-0.25, -0.2) is 0 Å². The van der Waals surface area contributed by atoms with Gasteiger partial charge in [-0.05, 0) is 60.9 Å². The summed E-state index contributed by atoms with van der Waals surface area (Å²) in [5.41, 5.74) is 6.44. The number of hydrogen-bond donors (Lipinski definition) is 0. The molecule has 37 heavy (non-hydrogen) atoms. The topological polar surface area (TPSA) is 22.1 Å². The molecule has 3 rings (SSSR count). The highest BCUT2D eigenvalue weighted by Gasteiger charge is 2.03. The maximum absolute atomic E-state index is 5.88. The van der Waals surface area contributed by atoms with Gasteiger partial charge in [0.05, 0.1) is 18.5 Å². The lowest BCUT2D eigenvalue weighted by Gasteiger charge is -2.08. The van der Waals surface area contributed by atoms with Crippen LogP contribution in [-0.4, -0.2) is 11.6 Å². The van der Waals surface area contributed by atoms with Crippen molar-refractivity contribution >= 4 is 0 Å². The van der Waals surface area contributed by atoms with Crippen molar-refractivity contribution in [2.24, 2.45) is 0 Å². The van der Waals surface area contributed by atoms with Crippen molar-refractivity contribution in [2.75, 3.05) is 6.61 Å². The van der Waals surface area contributed by atoms with E-state index in [1.807, 2.05) is 12.3 Å². The second kappa shape index (κ2) is 17.8. The zero-order valence-corrected chi connectivity index (χ0v) is 23.5. The number of pyridine rings is 1. The molecule has 0 bridgehead atoms. The summed E-state index contributed by atoms with van der Waals surface area (Å²) in [6.07, 6.45) is 21.1. The van der Waals surface area contributed by atoms with Crippen LogP contribution in [0.4, 0.5) is 0 Å². The fourth-order valence-corrected chi connectivity index (χ4v) is 4.82. The van der Waals surface area contributed by atoms with Crippen LogP contribution in [0.3, 0.4) is 0 Å². The van der Waals surface area contributed by atoms with E-state index in [1.54, 1.807) is 0 Å². The molecule has 0 fully saturated rings. The third-order valence-corrected chi connectivity index (χ3v) is 7.30. The summed E-state index contributed by atoms with van der Waals surface area (Å²) in [4.78, 5) is 4.63. The number of rotatable bonds is 19. The number of hydrogen-bond acceptors (Lipinski definition) is 2. The largest absolute Gasteiger partial charge is 0.492 e. The lowest BCUT2D eigenvalue weighted by Crippen LogP contribution is -1.98. The molecule has 3 aromatic rings. The average molecular weight is 500 g/mol. The molecule has 1 aromatic heterocycles. The first-order valence-corrected chi connectivity index (χ1v) is 15.0. The van der Waals surface area contributed by atoms with Crippen LogP contribution in [0.15, 0.2) is 66.9 Å². The minimum Gasteiger partial charge on any atom is -0.492 e. The first kappa shape index (κ1) is 29.0. The highest BCUT2D eigenvalue weighted by atomic mass is 16.5. The summed E-state index contributed by atoms with van der Waals surface area (Å²) in [6.45, 7) is 5.32. The summed E-state index contributed by atoms with van der Waals surface area (Å²) >= 11 is 0. The molecule has 0 radical (unpaired) electrons. The van der Waals surface area contributed by atoms with E-state index in [2.05, 4.69) is 73.4 Å². The Kier molecular flexibility index (Phi) is 13.9. The zero-order chi connectivity index (χ0) is 26.0. The smallest absolute Gasteiger partial charge is 0.137 e. The molecular formula is C35H49NO. The van der Waals surface area contributed by atoms with Gasteiger partial charge in [0.15, 0.2) is 0 Å². The predicted molar refractivity (Wildman–Crippen MR) is 159 cm³/mol. The highest BCUT2D eigenvalue weighted by Crippen LogP contribution is 2.21. The van der Waals surface area contributed by atoms with Crippen LogP contribution >= 0.6 is 0 Å². The molecule has 0 N–H and O–H groups in total. The quantitative estimate of drug-likeness (QED) is 0.153. The number of nitrogens with zero attached hydrogens (tertiary/aromatic N) is 1. The van der Waals surface area contributed by atoms with Crippen LogP contribution in [-0.2, 0) is 19.3 Å². The molecule has 0 atom stereocenters. The van der Waals surface area contributed by atoms with Crippen LogP contribution in [0, 0.1) is 0 Å². The van der Waals surface area contributed by atoms with Crippen LogP contribution in [0.5, 0.6) is 5.75 Å². The van der Waals surface area contributed by atoms with Crippen molar-refractivity contribution in [3.8, 4) is 17.0 Å². The summed E-state index contributed by atoms with van der Waals surface area (Å²) in [5.74, 6) is 0.868. The Morgan fingerprint density at radius 1 is 0.514 bits per heavy atom. The maximum atomic E-state index is 5.88. The molecule has 200 valence electrons. The van der Waals surface area contributed by atoms with Crippen molar-refractivity contribution in [1.29, 1.82) is 0 Å². The number of aryl methyl sites for hydroxylation is 3. The Balaban J connectivity index is 1.36. The van der Waals surface area contributed by atoms with Gasteiger partial charge in [0, 0.05) is 5.56 Å². The van der Waals surface area contributed by atoms with Crippen LogP contribution in [0.25, 0.3) is 11.3 Å². The molecule has 0 unspecified atom stereocenters. The highest BCUT2D eigenvalue weighted by molar-refractivity contribution is 5.59. The summed E-state index contributed by atoms with van der Waals surface area (Å²) in [7, 11) is 0. The van der Waals surface area contributed by atoms with Gasteiger partial charge < -0.3 is 4.74 Å². The Labute approximate surface area is 226 Å². The molecule has 0 aliphatic rings. The Bertz CT molecular complexity index is 960. The molecular weight excluding hydrogens is 450 g/mol. The van der Waals surface area contributed by atoms with Crippen LogP contribution < -0.4 is 4.74 Å². The molecule has 0 aliphatic carbocycles. The van der Waals surface area contributed by atoms with E-state index in [1.165, 1.54) is 93.7 Å². The maximum Gasteiger partial charge on any atom is 0.137 e. The van der Waals surface area contributed by atoms with E-state index in [0.29, 0.717) is 0 Å². The van der Waals surface area contributed by atoms with Gasteiger partial charge in [-0.3, -0.25) is 4.98 Å². The third-order valence-electron chi connectivity index (χ3n) is 7.30. The lowest BCUT2D eigenvalue weighted by atomic mass is 10.00. The van der Waals surface area contributed by atoms with Gasteiger partial charge in [0.2, 0.25) is 0 Å². The molecule has 2 aromatic carbocycles. The fourth-order valence-electron chi connectivity index (χ4n) is 4.82. The van der Waals surface area contributed by atoms with Crippen LogP contribution in [0.1, 0.15) is 108 Å². The summed E-state index contributed by atoms with van der Waals surface area (Å²) in [5, 5.41) is 0. The normalized spacial score (nSPS) is 11.1.